The Hall–Kier alpha value is -4.65. The highest BCUT2D eigenvalue weighted by Crippen LogP contribution is 2.33. The highest BCUT2D eigenvalue weighted by molar-refractivity contribution is 6.02. The number of piperidine rings is 4. The SMILES string of the molecule is CC(C)(C)OC(=O)NCC1CCCN(C2CC2)C1.CC(C)(C)OC(=O)NCC1CCCNC1.CCC1CCCN(C2CC2)C1.Cc1cn2cc(NC(=O)c3cnc(NCC4CCCN(C5CC5)C4)cn3)cc(F)c2n1. The summed E-state index contributed by atoms with van der Waals surface area (Å²) >= 11 is 0. The van der Waals surface area contributed by atoms with Gasteiger partial charge in [0.05, 0.1) is 23.8 Å². The van der Waals surface area contributed by atoms with Gasteiger partial charge in [-0.3, -0.25) is 4.79 Å². The fourth-order valence-electron chi connectivity index (χ4n) is 10.7. The number of carbonyl (C=O) groups is 3. The summed E-state index contributed by atoms with van der Waals surface area (Å²) in [7, 11) is 0. The molecule has 75 heavy (non-hydrogen) atoms. The maximum Gasteiger partial charge on any atom is 0.407 e. The molecule has 3 aliphatic carbocycles. The van der Waals surface area contributed by atoms with Crippen molar-refractivity contribution in [2.75, 3.05) is 82.6 Å². The zero-order valence-corrected chi connectivity index (χ0v) is 46.9. The first-order valence-electron chi connectivity index (χ1n) is 28.7. The number of fused-ring (bicyclic) bond motifs is 1. The van der Waals surface area contributed by atoms with Crippen LogP contribution in [0.3, 0.4) is 0 Å². The number of amides is 3. The standard InChI is InChI=1S/C22H26FN7O.C14H26N2O2.C11H22N2O2.C10H19N/c1-14-11-30-13-16(7-18(23)21(30)27-14)28-22(31)19-9-26-20(10-24-19)25-8-15-3-2-6-29(12-15)17-4-5-17;1-14(2,3)18-13(17)15-9-11-5-4-8-16(10-11)12-6-7-12;1-11(2,3)15-10(14)13-8-9-5-4-6-12-7-9;1-2-9-4-3-7-11(8-9)10-5-6-10/h7,9-11,13,15,17H,2-6,8,12H2,1H3,(H,25,26)(H,28,31);11-12H,4-10H2,1-3H3,(H,15,17);9,12H,4-8H2,1-3H3,(H,13,14);9-10H,2-8H2,1H3. The fraction of sp³-hybridized carbons (Fsp3) is 0.754. The van der Waals surface area contributed by atoms with Crippen LogP contribution in [-0.2, 0) is 9.47 Å². The molecule has 10 rings (SSSR count). The summed E-state index contributed by atoms with van der Waals surface area (Å²) in [6.07, 6.45) is 25.8. The van der Waals surface area contributed by atoms with Gasteiger partial charge >= 0.3 is 12.2 Å². The van der Waals surface area contributed by atoms with Gasteiger partial charge in [-0.2, -0.15) is 0 Å². The smallest absolute Gasteiger partial charge is 0.407 e. The Morgan fingerprint density at radius 2 is 1.20 bits per heavy atom. The van der Waals surface area contributed by atoms with Crippen molar-refractivity contribution < 1.29 is 28.2 Å². The molecule has 7 fully saturated rings. The number of aromatic nitrogens is 4. The molecule has 0 spiro atoms. The normalized spacial score (nSPS) is 23.7. The van der Waals surface area contributed by atoms with Crippen molar-refractivity contribution in [1.29, 1.82) is 0 Å². The summed E-state index contributed by atoms with van der Waals surface area (Å²) in [6, 6.07) is 3.91. The Kier molecular flexibility index (Phi) is 21.4. The van der Waals surface area contributed by atoms with Gasteiger partial charge in [-0.25, -0.2) is 28.9 Å². The Morgan fingerprint density at radius 3 is 1.69 bits per heavy atom. The average molecular weight is 1050 g/mol. The second-order valence-electron chi connectivity index (χ2n) is 24.4. The van der Waals surface area contributed by atoms with Gasteiger partial charge in [0.2, 0.25) is 0 Å². The number of nitrogens with zero attached hydrogens (tertiary/aromatic N) is 7. The quantitative estimate of drug-likeness (QED) is 0.109. The minimum atomic E-state index is -0.500. The summed E-state index contributed by atoms with van der Waals surface area (Å²) in [4.78, 5) is 56.0. The Morgan fingerprint density at radius 1 is 0.680 bits per heavy atom. The van der Waals surface area contributed by atoms with Crippen molar-refractivity contribution in [3.05, 3.63) is 48.1 Å². The third-order valence-electron chi connectivity index (χ3n) is 15.0. The number of nitrogens with one attached hydrogen (secondary N) is 5. The predicted molar refractivity (Wildman–Crippen MR) is 295 cm³/mol. The molecule has 7 aliphatic rings. The van der Waals surface area contributed by atoms with Crippen LogP contribution in [0, 0.1) is 36.4 Å². The first-order valence-corrected chi connectivity index (χ1v) is 28.7. The van der Waals surface area contributed by atoms with Crippen LogP contribution in [0.25, 0.3) is 5.65 Å². The van der Waals surface area contributed by atoms with Gasteiger partial charge in [-0.15, -0.1) is 0 Å². The lowest BCUT2D eigenvalue weighted by Crippen LogP contribution is -2.42. The number of rotatable bonds is 13. The second kappa shape index (κ2) is 27.6. The molecule has 4 unspecified atom stereocenters. The molecule has 3 amide bonds. The van der Waals surface area contributed by atoms with Crippen LogP contribution in [0.1, 0.15) is 161 Å². The molecule has 5 N–H and O–H groups in total. The van der Waals surface area contributed by atoms with E-state index in [2.05, 4.69) is 63.2 Å². The number of imidazole rings is 1. The van der Waals surface area contributed by atoms with Crippen molar-refractivity contribution >= 4 is 35.2 Å². The van der Waals surface area contributed by atoms with E-state index in [9.17, 15) is 18.8 Å². The highest BCUT2D eigenvalue weighted by atomic mass is 19.1. The monoisotopic (exact) mass is 1040 g/mol. The van der Waals surface area contributed by atoms with Crippen LogP contribution in [-0.4, -0.2) is 153 Å². The van der Waals surface area contributed by atoms with Crippen molar-refractivity contribution in [1.82, 2.24) is 50.0 Å². The van der Waals surface area contributed by atoms with Crippen molar-refractivity contribution in [2.45, 2.75) is 181 Å². The third kappa shape index (κ3) is 20.7. The number of hydrogen-bond donors (Lipinski definition) is 5. The number of ether oxygens (including phenoxy) is 2. The number of alkyl carbamates (subject to hydrolysis) is 2. The first-order chi connectivity index (χ1) is 35.9. The Bertz CT molecular complexity index is 2250. The van der Waals surface area contributed by atoms with E-state index in [0.29, 0.717) is 41.5 Å². The van der Waals surface area contributed by atoms with Gasteiger partial charge in [-0.1, -0.05) is 13.3 Å². The molecule has 3 saturated carbocycles. The summed E-state index contributed by atoms with van der Waals surface area (Å²) in [6.45, 7) is 27.4. The van der Waals surface area contributed by atoms with E-state index < -0.39 is 22.9 Å². The van der Waals surface area contributed by atoms with E-state index in [4.69, 9.17) is 9.47 Å². The van der Waals surface area contributed by atoms with Crippen LogP contribution in [0.5, 0.6) is 0 Å². The summed E-state index contributed by atoms with van der Waals surface area (Å²) in [5.74, 6) is 2.47. The van der Waals surface area contributed by atoms with Crippen molar-refractivity contribution in [2.24, 2.45) is 23.7 Å². The molecule has 17 nitrogen and oxygen atoms in total. The minimum Gasteiger partial charge on any atom is -0.444 e. The summed E-state index contributed by atoms with van der Waals surface area (Å²) in [5, 5.41) is 15.0. The van der Waals surface area contributed by atoms with Crippen LogP contribution >= 0.6 is 0 Å². The van der Waals surface area contributed by atoms with Crippen LogP contribution < -0.4 is 26.6 Å². The molecule has 4 saturated heterocycles. The number of hydrogen-bond acceptors (Lipinski definition) is 13. The maximum atomic E-state index is 14.2. The lowest BCUT2D eigenvalue weighted by Gasteiger charge is -2.33. The molecule has 418 valence electrons. The number of likely N-dealkylation sites (tertiary alicyclic amines) is 3. The number of carbonyl (C=O) groups excluding carboxylic acids is 3. The molecule has 3 aromatic heterocycles. The van der Waals surface area contributed by atoms with E-state index in [1.54, 1.807) is 29.9 Å². The topological polar surface area (TPSA) is 183 Å². The fourth-order valence-corrected chi connectivity index (χ4v) is 10.7. The van der Waals surface area contributed by atoms with Gasteiger partial charge in [0.25, 0.3) is 5.91 Å². The van der Waals surface area contributed by atoms with Gasteiger partial charge in [0.15, 0.2) is 11.5 Å². The predicted octanol–water partition coefficient (Wildman–Crippen LogP) is 9.28. The third-order valence-corrected chi connectivity index (χ3v) is 15.0. The van der Waals surface area contributed by atoms with Crippen LogP contribution in [0.2, 0.25) is 0 Å². The largest absolute Gasteiger partial charge is 0.444 e. The molecular weight excluding hydrogens is 952 g/mol. The second-order valence-corrected chi connectivity index (χ2v) is 24.4. The molecule has 7 heterocycles. The molecule has 0 bridgehead atoms. The number of pyridine rings is 1. The molecule has 0 aromatic carbocycles. The molecule has 3 aromatic rings. The van der Waals surface area contributed by atoms with Gasteiger partial charge in [0, 0.05) is 75.9 Å². The lowest BCUT2D eigenvalue weighted by atomic mass is 9.96. The molecule has 4 aliphatic heterocycles. The van der Waals surface area contributed by atoms with E-state index in [1.165, 1.54) is 135 Å². The van der Waals surface area contributed by atoms with Gasteiger partial charge in [0.1, 0.15) is 22.7 Å². The zero-order chi connectivity index (χ0) is 53.5. The molecule has 4 atom stereocenters. The van der Waals surface area contributed by atoms with Crippen molar-refractivity contribution in [3.63, 3.8) is 0 Å². The van der Waals surface area contributed by atoms with Gasteiger partial charge in [-0.05, 0) is 195 Å². The van der Waals surface area contributed by atoms with E-state index in [0.717, 1.165) is 63.3 Å². The number of aryl methyl sites for hydroxylation is 1. The van der Waals surface area contributed by atoms with Crippen LogP contribution in [0.15, 0.2) is 30.9 Å². The molecule has 0 radical (unpaired) electrons. The number of halogens is 1. The molecule has 18 heteroatoms. The highest BCUT2D eigenvalue weighted by Gasteiger charge is 2.34. The average Bonchev–Trinajstić information content (AvgIpc) is 4.23. The first kappa shape index (κ1) is 58.0. The Balaban J connectivity index is 0.000000159. The van der Waals surface area contributed by atoms with Crippen LogP contribution in [0.4, 0.5) is 25.5 Å². The van der Waals surface area contributed by atoms with E-state index in [1.807, 2.05) is 41.5 Å². The van der Waals surface area contributed by atoms with Crippen molar-refractivity contribution in [3.8, 4) is 0 Å². The molecular formula is C57H93FN12O5. The lowest BCUT2D eigenvalue weighted by molar-refractivity contribution is 0.0499. The maximum absolute atomic E-state index is 14.2. The van der Waals surface area contributed by atoms with Gasteiger partial charge < -0.3 is 55.2 Å². The zero-order valence-electron chi connectivity index (χ0n) is 46.9. The Labute approximate surface area is 447 Å². The number of anilines is 2. The summed E-state index contributed by atoms with van der Waals surface area (Å²) in [5.41, 5.74) is 0.610. The van der Waals surface area contributed by atoms with E-state index in [-0.39, 0.29) is 23.5 Å². The summed E-state index contributed by atoms with van der Waals surface area (Å²) < 4.78 is 26.2. The van der Waals surface area contributed by atoms with E-state index >= 15 is 0 Å². The minimum absolute atomic E-state index is 0.172.